The first-order chi connectivity index (χ1) is 10.3. The van der Waals surface area contributed by atoms with Crippen LogP contribution in [0.1, 0.15) is 18.1 Å². The Bertz CT molecular complexity index is 746. The number of fused-ring (bicyclic) bond motifs is 1. The molecule has 1 N–H and O–H groups in total. The van der Waals surface area contributed by atoms with Crippen molar-refractivity contribution in [1.82, 2.24) is 9.88 Å². The Kier molecular flexibility index (Phi) is 4.02. The third-order valence-corrected chi connectivity index (χ3v) is 3.74. The molecule has 0 amide bonds. The van der Waals surface area contributed by atoms with Crippen LogP contribution < -0.4 is 5.32 Å². The number of rotatable bonds is 5. The van der Waals surface area contributed by atoms with Crippen molar-refractivity contribution in [1.29, 1.82) is 0 Å². The summed E-state index contributed by atoms with van der Waals surface area (Å²) in [5.41, 5.74) is 3.12. The number of nitrogens with one attached hydrogen (secondary N) is 1. The van der Waals surface area contributed by atoms with Crippen molar-refractivity contribution in [2.75, 3.05) is 6.54 Å². The van der Waals surface area contributed by atoms with Crippen LogP contribution in [0.5, 0.6) is 0 Å². The van der Waals surface area contributed by atoms with Gasteiger partial charge in [-0.3, -0.25) is 0 Å². The quantitative estimate of drug-likeness (QED) is 0.750. The second-order valence-corrected chi connectivity index (χ2v) is 5.17. The first-order valence-electron chi connectivity index (χ1n) is 7.30. The number of aromatic nitrogens is 1. The van der Waals surface area contributed by atoms with Crippen LogP contribution in [0.2, 0.25) is 0 Å². The van der Waals surface area contributed by atoms with Gasteiger partial charge in [0.05, 0.1) is 6.54 Å². The molecule has 0 bridgehead atoms. The van der Waals surface area contributed by atoms with E-state index in [4.69, 9.17) is 0 Å². The molecule has 0 aliphatic carbocycles. The average molecular weight is 282 g/mol. The fraction of sp³-hybridized carbons (Fsp3) is 0.222. The van der Waals surface area contributed by atoms with Gasteiger partial charge in [-0.05, 0) is 24.2 Å². The maximum atomic E-state index is 13.9. The molecule has 108 valence electrons. The monoisotopic (exact) mass is 282 g/mol. The molecule has 2 aromatic carbocycles. The van der Waals surface area contributed by atoms with Gasteiger partial charge in [0.2, 0.25) is 0 Å². The maximum Gasteiger partial charge on any atom is 0.128 e. The molecule has 1 aromatic heterocycles. The van der Waals surface area contributed by atoms with Gasteiger partial charge in [-0.15, -0.1) is 0 Å². The van der Waals surface area contributed by atoms with Gasteiger partial charge in [-0.2, -0.15) is 0 Å². The minimum atomic E-state index is -0.150. The fourth-order valence-electron chi connectivity index (χ4n) is 2.66. The Morgan fingerprint density at radius 1 is 1.00 bits per heavy atom. The molecule has 2 nitrogen and oxygen atoms in total. The number of halogens is 1. The standard InChI is InChI=1S/C18H19FN2/c1-2-20-11-15-13-21(18-10-6-4-8-16(15)18)12-14-7-3-5-9-17(14)19/h3-10,13,20H,2,11-12H2,1H3. The smallest absolute Gasteiger partial charge is 0.128 e. The van der Waals surface area contributed by atoms with Crippen LogP contribution >= 0.6 is 0 Å². The summed E-state index contributed by atoms with van der Waals surface area (Å²) in [6.45, 7) is 4.42. The molecule has 3 rings (SSSR count). The highest BCUT2D eigenvalue weighted by Gasteiger charge is 2.09. The van der Waals surface area contributed by atoms with E-state index in [1.165, 1.54) is 17.0 Å². The number of benzene rings is 2. The molecular formula is C18H19FN2. The van der Waals surface area contributed by atoms with Crippen LogP contribution in [0.25, 0.3) is 10.9 Å². The van der Waals surface area contributed by atoms with E-state index in [2.05, 4.69) is 35.1 Å². The highest BCUT2D eigenvalue weighted by Crippen LogP contribution is 2.23. The van der Waals surface area contributed by atoms with E-state index in [0.717, 1.165) is 18.6 Å². The van der Waals surface area contributed by atoms with Gasteiger partial charge in [0.15, 0.2) is 0 Å². The predicted octanol–water partition coefficient (Wildman–Crippen LogP) is 3.94. The van der Waals surface area contributed by atoms with Crippen LogP contribution in [-0.4, -0.2) is 11.1 Å². The summed E-state index contributed by atoms with van der Waals surface area (Å²) in [7, 11) is 0. The molecule has 0 aliphatic heterocycles. The Morgan fingerprint density at radius 3 is 2.57 bits per heavy atom. The van der Waals surface area contributed by atoms with Crippen molar-refractivity contribution in [3.05, 3.63) is 71.7 Å². The van der Waals surface area contributed by atoms with Gasteiger partial charge in [-0.25, -0.2) is 4.39 Å². The van der Waals surface area contributed by atoms with E-state index in [9.17, 15) is 4.39 Å². The summed E-state index contributed by atoms with van der Waals surface area (Å²) in [6, 6.07) is 15.2. The third-order valence-electron chi connectivity index (χ3n) is 3.74. The maximum absolute atomic E-state index is 13.9. The normalized spacial score (nSPS) is 11.1. The van der Waals surface area contributed by atoms with E-state index in [-0.39, 0.29) is 5.82 Å². The van der Waals surface area contributed by atoms with Crippen molar-refractivity contribution in [3.8, 4) is 0 Å². The Hall–Kier alpha value is -2.13. The van der Waals surface area contributed by atoms with Gasteiger partial charge in [0, 0.05) is 29.2 Å². The van der Waals surface area contributed by atoms with Crippen molar-refractivity contribution in [3.63, 3.8) is 0 Å². The molecule has 1 heterocycles. The van der Waals surface area contributed by atoms with E-state index in [0.29, 0.717) is 12.1 Å². The van der Waals surface area contributed by atoms with Crippen molar-refractivity contribution < 1.29 is 4.39 Å². The zero-order valence-electron chi connectivity index (χ0n) is 12.1. The highest BCUT2D eigenvalue weighted by atomic mass is 19.1. The Morgan fingerprint density at radius 2 is 1.76 bits per heavy atom. The van der Waals surface area contributed by atoms with Crippen LogP contribution in [-0.2, 0) is 13.1 Å². The second-order valence-electron chi connectivity index (χ2n) is 5.17. The molecule has 0 radical (unpaired) electrons. The van der Waals surface area contributed by atoms with Crippen LogP contribution in [0.15, 0.2) is 54.7 Å². The average Bonchev–Trinajstić information content (AvgIpc) is 2.86. The highest BCUT2D eigenvalue weighted by molar-refractivity contribution is 5.84. The summed E-state index contributed by atoms with van der Waals surface area (Å²) >= 11 is 0. The van der Waals surface area contributed by atoms with Crippen LogP contribution in [0.3, 0.4) is 0 Å². The minimum absolute atomic E-state index is 0.150. The van der Waals surface area contributed by atoms with Crippen molar-refractivity contribution >= 4 is 10.9 Å². The number of hydrogen-bond donors (Lipinski definition) is 1. The van der Waals surface area contributed by atoms with Gasteiger partial charge in [0.25, 0.3) is 0 Å². The molecular weight excluding hydrogens is 263 g/mol. The lowest BCUT2D eigenvalue weighted by Crippen LogP contribution is -2.11. The molecule has 0 spiro atoms. The summed E-state index contributed by atoms with van der Waals surface area (Å²) in [5, 5.41) is 4.59. The lowest BCUT2D eigenvalue weighted by molar-refractivity contribution is 0.601. The predicted molar refractivity (Wildman–Crippen MR) is 84.8 cm³/mol. The summed E-state index contributed by atoms with van der Waals surface area (Å²) in [5.74, 6) is -0.150. The van der Waals surface area contributed by atoms with E-state index < -0.39 is 0 Å². The molecule has 3 aromatic rings. The minimum Gasteiger partial charge on any atom is -0.343 e. The number of hydrogen-bond acceptors (Lipinski definition) is 1. The molecule has 21 heavy (non-hydrogen) atoms. The molecule has 3 heteroatoms. The van der Waals surface area contributed by atoms with Gasteiger partial charge >= 0.3 is 0 Å². The molecule has 0 atom stereocenters. The first-order valence-corrected chi connectivity index (χ1v) is 7.30. The summed E-state index contributed by atoms with van der Waals surface area (Å²) in [6.07, 6.45) is 2.12. The number of para-hydroxylation sites is 1. The van der Waals surface area contributed by atoms with Crippen molar-refractivity contribution in [2.45, 2.75) is 20.0 Å². The van der Waals surface area contributed by atoms with Crippen LogP contribution in [0.4, 0.5) is 4.39 Å². The first kappa shape index (κ1) is 13.8. The largest absolute Gasteiger partial charge is 0.343 e. The summed E-state index contributed by atoms with van der Waals surface area (Å²) < 4.78 is 16.0. The van der Waals surface area contributed by atoms with Gasteiger partial charge < -0.3 is 9.88 Å². The SMILES string of the molecule is CCNCc1cn(Cc2ccccc2F)c2ccccc12. The lowest BCUT2D eigenvalue weighted by Gasteiger charge is -2.06. The Balaban J connectivity index is 2.00. The number of nitrogens with zero attached hydrogens (tertiary/aromatic N) is 1. The topological polar surface area (TPSA) is 17.0 Å². The van der Waals surface area contributed by atoms with Crippen molar-refractivity contribution in [2.24, 2.45) is 0 Å². The molecule has 0 unspecified atom stereocenters. The lowest BCUT2D eigenvalue weighted by atomic mass is 10.2. The molecule has 0 fully saturated rings. The molecule has 0 saturated heterocycles. The van der Waals surface area contributed by atoms with E-state index in [1.807, 2.05) is 24.3 Å². The molecule has 0 aliphatic rings. The Labute approximate surface area is 124 Å². The van der Waals surface area contributed by atoms with Gasteiger partial charge in [-0.1, -0.05) is 43.3 Å². The zero-order valence-corrected chi connectivity index (χ0v) is 12.1. The van der Waals surface area contributed by atoms with E-state index in [1.54, 1.807) is 6.07 Å². The van der Waals surface area contributed by atoms with E-state index >= 15 is 0 Å². The summed E-state index contributed by atoms with van der Waals surface area (Å²) in [4.78, 5) is 0. The molecule has 0 saturated carbocycles. The zero-order chi connectivity index (χ0) is 14.7. The third kappa shape index (κ3) is 2.83. The fourth-order valence-corrected chi connectivity index (χ4v) is 2.66. The second kappa shape index (κ2) is 6.10. The van der Waals surface area contributed by atoms with Crippen LogP contribution in [0, 0.1) is 5.82 Å². The van der Waals surface area contributed by atoms with Gasteiger partial charge in [0.1, 0.15) is 5.82 Å².